The number of carbonyl (C=O) groups is 1. The van der Waals surface area contributed by atoms with Gasteiger partial charge in [0.1, 0.15) is 0 Å². The average molecular weight is 664 g/mol. The minimum absolute atomic E-state index is 0. The Balaban J connectivity index is 0. The van der Waals surface area contributed by atoms with Crippen LogP contribution in [0.3, 0.4) is 0 Å². The topological polar surface area (TPSA) is 37.3 Å². The summed E-state index contributed by atoms with van der Waals surface area (Å²) in [4.78, 5) is 10.2. The molecule has 0 bridgehead atoms. The van der Waals surface area contributed by atoms with Gasteiger partial charge >= 0.3 is 83.2 Å². The number of halogens is 21. The van der Waals surface area contributed by atoms with Gasteiger partial charge in [0.25, 0.3) is 5.92 Å². The summed E-state index contributed by atoms with van der Waals surface area (Å²) in [5.41, 5.74) is 0.331. The van der Waals surface area contributed by atoms with E-state index in [0.29, 0.717) is 5.56 Å². The summed E-state index contributed by atoms with van der Waals surface area (Å²) in [6.45, 7) is 0. The monoisotopic (exact) mass is 664 g/mol. The normalized spacial score (nSPS) is 14.7. The molecule has 1 aromatic rings. The summed E-state index contributed by atoms with van der Waals surface area (Å²) in [6, 6.07) is 8.30. The zero-order valence-corrected chi connectivity index (χ0v) is 20.7. The molecule has 0 fully saturated rings. The van der Waals surface area contributed by atoms with Crippen LogP contribution in [-0.4, -0.2) is 64.6 Å². The molecule has 1 aromatic carbocycles. The van der Waals surface area contributed by atoms with Crippen LogP contribution < -0.4 is 29.6 Å². The molecule has 0 aromatic heterocycles. The molecular formula is C17H6F21NaO2. The molecule has 2 nitrogen and oxygen atoms in total. The van der Waals surface area contributed by atoms with Crippen molar-refractivity contribution in [1.29, 1.82) is 0 Å². The van der Waals surface area contributed by atoms with Gasteiger partial charge in [0.2, 0.25) is 0 Å². The first-order chi connectivity index (χ1) is 17.2. The predicted molar refractivity (Wildman–Crippen MR) is 84.5 cm³/mol. The number of carboxylic acids is 1. The van der Waals surface area contributed by atoms with Crippen LogP contribution in [0.5, 0.6) is 0 Å². The van der Waals surface area contributed by atoms with Gasteiger partial charge in [-0.05, 0) is 12.1 Å². The predicted octanol–water partition coefficient (Wildman–Crippen LogP) is 5.45. The molecule has 0 aliphatic heterocycles. The molecule has 0 saturated heterocycles. The maximum absolute atomic E-state index is 13.1. The Bertz CT molecular complexity index is 1020. The Hall–Kier alpha value is -1.78. The van der Waals surface area contributed by atoms with Gasteiger partial charge in [-0.3, -0.25) is 0 Å². The fourth-order valence-corrected chi connectivity index (χ4v) is 2.06. The molecule has 1 N–H and O–H groups in total. The number of aromatic carboxylic acids is 1. The number of benzene rings is 1. The van der Waals surface area contributed by atoms with Crippen molar-refractivity contribution >= 4 is 5.97 Å². The standard InChI is InChI=1S/C10F21.C7H6O2.Na/c11-1(12)2(13,14)3(15,16)4(17,18)5(19,20)6(21,22)7(23,24)8(25,26)9(27,28)10(29,30)31;8-7(9)6-4-2-1-3-5-6;/h;1-5H,(H,8,9);/q-1;;+1. The van der Waals surface area contributed by atoms with Crippen LogP contribution in [0.15, 0.2) is 30.3 Å². The Morgan fingerprint density at radius 1 is 0.512 bits per heavy atom. The van der Waals surface area contributed by atoms with Gasteiger partial charge in [-0.15, -0.1) is 0 Å². The van der Waals surface area contributed by atoms with E-state index >= 15 is 0 Å². The molecule has 0 atom stereocenters. The zero-order valence-electron chi connectivity index (χ0n) is 18.7. The molecule has 1 rings (SSSR count). The molecule has 0 spiro atoms. The van der Waals surface area contributed by atoms with Gasteiger partial charge in [0.05, 0.1) is 12.0 Å². The van der Waals surface area contributed by atoms with E-state index in [1.807, 2.05) is 0 Å². The van der Waals surface area contributed by atoms with Crippen molar-refractivity contribution in [3.8, 4) is 0 Å². The maximum Gasteiger partial charge on any atom is 1.00 e. The number of carboxylic acid groups (broad SMARTS) is 1. The number of rotatable bonds is 9. The third-order valence-electron chi connectivity index (χ3n) is 4.37. The van der Waals surface area contributed by atoms with Gasteiger partial charge in [-0.25, -0.2) is 13.6 Å². The SMILES string of the molecule is F[C-](F)C(F)(F)C(F)(F)C(F)(F)C(F)(F)C(F)(F)C(F)(F)C(F)(F)C(F)(F)C(F)(F)F.O=C(O)c1ccccc1.[Na+]. The summed E-state index contributed by atoms with van der Waals surface area (Å²) in [6.07, 6.45) is -13.2. The van der Waals surface area contributed by atoms with Crippen molar-refractivity contribution in [2.24, 2.45) is 0 Å². The van der Waals surface area contributed by atoms with E-state index in [9.17, 15) is 97.0 Å². The summed E-state index contributed by atoms with van der Waals surface area (Å²) in [7, 11) is 0. The van der Waals surface area contributed by atoms with Crippen LogP contribution in [0.1, 0.15) is 10.4 Å². The summed E-state index contributed by atoms with van der Waals surface area (Å²) >= 11 is 0. The number of hydrogen-bond acceptors (Lipinski definition) is 1. The molecule has 24 heteroatoms. The van der Waals surface area contributed by atoms with Crippen LogP contribution in [0, 0.1) is 6.43 Å². The largest absolute Gasteiger partial charge is 1.00 e. The van der Waals surface area contributed by atoms with E-state index in [4.69, 9.17) is 5.11 Å². The van der Waals surface area contributed by atoms with Gasteiger partial charge < -0.3 is 13.9 Å². The fraction of sp³-hybridized carbons (Fsp3) is 0.529. The Morgan fingerprint density at radius 3 is 1.00 bits per heavy atom. The van der Waals surface area contributed by atoms with E-state index in [0.717, 1.165) is 0 Å². The summed E-state index contributed by atoms with van der Waals surface area (Å²) < 4.78 is 264. The van der Waals surface area contributed by atoms with E-state index in [-0.39, 0.29) is 29.6 Å². The van der Waals surface area contributed by atoms with E-state index in [2.05, 4.69) is 0 Å². The first kappa shape index (κ1) is 41.4. The van der Waals surface area contributed by atoms with Crippen molar-refractivity contribution in [1.82, 2.24) is 0 Å². The van der Waals surface area contributed by atoms with Crippen molar-refractivity contribution in [3.63, 3.8) is 0 Å². The zero-order chi connectivity index (χ0) is 32.8. The smallest absolute Gasteiger partial charge is 0.478 e. The first-order valence-corrected chi connectivity index (χ1v) is 8.81. The molecule has 0 saturated carbocycles. The Labute approximate surface area is 233 Å². The quantitative estimate of drug-likeness (QED) is 0.217. The third kappa shape index (κ3) is 6.44. The second-order valence-corrected chi connectivity index (χ2v) is 7.02. The minimum atomic E-state index is -9.12. The van der Waals surface area contributed by atoms with Crippen LogP contribution in [0.4, 0.5) is 92.2 Å². The van der Waals surface area contributed by atoms with Gasteiger partial charge in [0.15, 0.2) is 0 Å². The van der Waals surface area contributed by atoms with Gasteiger partial charge in [-0.2, -0.15) is 74.6 Å². The van der Waals surface area contributed by atoms with Crippen molar-refractivity contribution in [3.05, 3.63) is 42.3 Å². The third-order valence-corrected chi connectivity index (χ3v) is 4.37. The van der Waals surface area contributed by atoms with E-state index in [1.54, 1.807) is 30.3 Å². The van der Waals surface area contributed by atoms with Crippen LogP contribution in [0.25, 0.3) is 0 Å². The van der Waals surface area contributed by atoms with Crippen molar-refractivity contribution in [2.75, 3.05) is 0 Å². The molecular weight excluding hydrogens is 658 g/mol. The number of alkyl halides is 19. The molecule has 0 aliphatic carbocycles. The molecule has 0 radical (unpaired) electrons. The van der Waals surface area contributed by atoms with Crippen LogP contribution in [-0.2, 0) is 0 Å². The number of hydrogen-bond donors (Lipinski definition) is 1. The minimum Gasteiger partial charge on any atom is -0.478 e. The maximum atomic E-state index is 13.1. The Kier molecular flexibility index (Phi) is 12.2. The molecule has 0 heterocycles. The van der Waals surface area contributed by atoms with Crippen molar-refractivity contribution < 1.29 is 132 Å². The fourth-order valence-electron chi connectivity index (χ4n) is 2.06. The average Bonchev–Trinajstić information content (AvgIpc) is 2.78. The Morgan fingerprint density at radius 2 is 0.780 bits per heavy atom. The van der Waals surface area contributed by atoms with E-state index in [1.165, 1.54) is 0 Å². The molecule has 0 unspecified atom stereocenters. The molecule has 0 aliphatic rings. The molecule has 234 valence electrons. The summed E-state index contributed by atoms with van der Waals surface area (Å²) in [5, 5.41) is 8.38. The van der Waals surface area contributed by atoms with Gasteiger partial charge in [0, 0.05) is 0 Å². The van der Waals surface area contributed by atoms with Crippen LogP contribution in [0.2, 0.25) is 0 Å². The second kappa shape index (κ2) is 12.1. The van der Waals surface area contributed by atoms with Crippen molar-refractivity contribution in [2.45, 2.75) is 53.6 Å². The van der Waals surface area contributed by atoms with E-state index < -0.39 is 66.0 Å². The first-order valence-electron chi connectivity index (χ1n) is 8.81. The van der Waals surface area contributed by atoms with Gasteiger partial charge in [-0.1, -0.05) is 18.2 Å². The molecule has 41 heavy (non-hydrogen) atoms. The second-order valence-electron chi connectivity index (χ2n) is 7.02. The molecule has 0 amide bonds. The van der Waals surface area contributed by atoms with Crippen LogP contribution >= 0.6 is 0 Å². The summed E-state index contributed by atoms with van der Waals surface area (Å²) in [5.74, 6) is -70.6.